The normalized spacial score (nSPS) is 19.1. The number of nitro groups is 1. The predicted molar refractivity (Wildman–Crippen MR) is 79.4 cm³/mol. The molecule has 114 valence electrons. The number of primary sulfonamides is 1. The molecule has 1 atom stereocenters. The van der Waals surface area contributed by atoms with Crippen LogP contribution in [0.1, 0.15) is 12.0 Å². The van der Waals surface area contributed by atoms with Crippen molar-refractivity contribution in [1.82, 2.24) is 0 Å². The van der Waals surface area contributed by atoms with Crippen molar-refractivity contribution in [3.63, 3.8) is 0 Å². The second kappa shape index (κ2) is 5.35. The summed E-state index contributed by atoms with van der Waals surface area (Å²) < 4.78 is 23.1. The van der Waals surface area contributed by atoms with Crippen LogP contribution in [-0.2, 0) is 14.8 Å². The maximum atomic E-state index is 12.0. The van der Waals surface area contributed by atoms with Crippen molar-refractivity contribution in [2.45, 2.75) is 18.6 Å². The maximum absolute atomic E-state index is 12.0. The summed E-state index contributed by atoms with van der Waals surface area (Å²) in [6, 6.07) is 2.61. The minimum absolute atomic E-state index is 0.0606. The van der Waals surface area contributed by atoms with Gasteiger partial charge in [0.1, 0.15) is 5.25 Å². The van der Waals surface area contributed by atoms with E-state index in [1.807, 2.05) is 0 Å². The number of carbonyl (C=O) groups is 1. The largest absolute Gasteiger partial charge is 0.310 e. The zero-order valence-corrected chi connectivity index (χ0v) is 13.3. The lowest BCUT2D eigenvalue weighted by Crippen LogP contribution is -2.32. The highest BCUT2D eigenvalue weighted by molar-refractivity contribution is 9.10. The van der Waals surface area contributed by atoms with Crippen LogP contribution in [-0.4, -0.2) is 31.0 Å². The van der Waals surface area contributed by atoms with Crippen molar-refractivity contribution < 1.29 is 18.1 Å². The summed E-state index contributed by atoms with van der Waals surface area (Å²) in [5, 5.41) is 14.9. The van der Waals surface area contributed by atoms with E-state index in [0.717, 1.165) is 0 Å². The van der Waals surface area contributed by atoms with E-state index < -0.39 is 20.2 Å². The summed E-state index contributed by atoms with van der Waals surface area (Å²) in [6.45, 7) is 1.56. The minimum atomic E-state index is -3.81. The summed E-state index contributed by atoms with van der Waals surface area (Å²) in [7, 11) is -3.81. The van der Waals surface area contributed by atoms with Crippen LogP contribution in [0, 0.1) is 17.0 Å². The Balaban J connectivity index is 2.44. The molecular weight excluding hydrogens is 366 g/mol. The number of non-ortho nitro benzene ring substituents is 1. The lowest BCUT2D eigenvalue weighted by molar-refractivity contribution is -0.385. The third kappa shape index (κ3) is 3.06. The Labute approximate surface area is 129 Å². The van der Waals surface area contributed by atoms with Crippen molar-refractivity contribution in [3.05, 3.63) is 32.3 Å². The van der Waals surface area contributed by atoms with Crippen molar-refractivity contribution in [1.29, 1.82) is 0 Å². The smallest absolute Gasteiger partial charge is 0.270 e. The summed E-state index contributed by atoms with van der Waals surface area (Å²) in [6.07, 6.45) is -0.193. The molecule has 10 heteroatoms. The number of hydrogen-bond acceptors (Lipinski definition) is 5. The fourth-order valence-electron chi connectivity index (χ4n) is 2.28. The molecule has 2 rings (SSSR count). The van der Waals surface area contributed by atoms with E-state index in [1.54, 1.807) is 6.92 Å². The summed E-state index contributed by atoms with van der Waals surface area (Å²) in [5.41, 5.74) is 0.814. The third-order valence-electron chi connectivity index (χ3n) is 3.27. The van der Waals surface area contributed by atoms with E-state index in [2.05, 4.69) is 15.9 Å². The second-order valence-corrected chi connectivity index (χ2v) is 7.47. The Kier molecular flexibility index (Phi) is 4.04. The van der Waals surface area contributed by atoms with Gasteiger partial charge in [-0.1, -0.05) is 0 Å². The van der Waals surface area contributed by atoms with E-state index in [-0.39, 0.29) is 24.6 Å². The highest BCUT2D eigenvalue weighted by atomic mass is 79.9. The Morgan fingerprint density at radius 1 is 1.48 bits per heavy atom. The van der Waals surface area contributed by atoms with Crippen LogP contribution in [0.15, 0.2) is 16.6 Å². The third-order valence-corrected chi connectivity index (χ3v) is 5.12. The number of benzene rings is 1. The van der Waals surface area contributed by atoms with Gasteiger partial charge in [-0.3, -0.25) is 14.9 Å². The molecule has 1 aromatic carbocycles. The topological polar surface area (TPSA) is 124 Å². The average Bonchev–Trinajstić information content (AvgIpc) is 2.70. The van der Waals surface area contributed by atoms with Gasteiger partial charge in [-0.25, -0.2) is 13.6 Å². The van der Waals surface area contributed by atoms with Crippen LogP contribution >= 0.6 is 15.9 Å². The summed E-state index contributed by atoms with van der Waals surface area (Å²) in [5.74, 6) is -0.383. The van der Waals surface area contributed by atoms with E-state index >= 15 is 0 Å². The monoisotopic (exact) mass is 377 g/mol. The summed E-state index contributed by atoms with van der Waals surface area (Å²) >= 11 is 3.20. The van der Waals surface area contributed by atoms with Gasteiger partial charge in [0.25, 0.3) is 5.69 Å². The second-order valence-electron chi connectivity index (χ2n) is 4.77. The standard InChI is InChI=1S/C11H12BrN3O5S/c1-6-2-7(15(17)18)3-9(12)11(6)14-5-8(4-10(14)16)21(13,19)20/h2-3,8H,4-5H2,1H3,(H2,13,19,20). The molecule has 1 aliphatic rings. The zero-order chi connectivity index (χ0) is 15.9. The highest BCUT2D eigenvalue weighted by Gasteiger charge is 2.38. The lowest BCUT2D eigenvalue weighted by atomic mass is 10.1. The molecule has 8 nitrogen and oxygen atoms in total. The van der Waals surface area contributed by atoms with Gasteiger partial charge >= 0.3 is 0 Å². The van der Waals surface area contributed by atoms with Gasteiger partial charge in [0.2, 0.25) is 15.9 Å². The quantitative estimate of drug-likeness (QED) is 0.622. The first-order valence-corrected chi connectivity index (χ1v) is 8.28. The number of nitrogens with zero attached hydrogens (tertiary/aromatic N) is 2. The van der Waals surface area contributed by atoms with Gasteiger partial charge in [0, 0.05) is 29.6 Å². The van der Waals surface area contributed by atoms with Crippen LogP contribution in [0.2, 0.25) is 0 Å². The molecule has 0 spiro atoms. The number of rotatable bonds is 3. The van der Waals surface area contributed by atoms with Crippen LogP contribution in [0.4, 0.5) is 11.4 Å². The molecule has 1 fully saturated rings. The van der Waals surface area contributed by atoms with Gasteiger partial charge < -0.3 is 4.90 Å². The van der Waals surface area contributed by atoms with Crippen LogP contribution in [0.25, 0.3) is 0 Å². The van der Waals surface area contributed by atoms with Gasteiger partial charge in [0.15, 0.2) is 0 Å². The minimum Gasteiger partial charge on any atom is -0.310 e. The number of amides is 1. The number of nitro benzene ring substituents is 1. The first-order valence-electron chi connectivity index (χ1n) is 5.87. The highest BCUT2D eigenvalue weighted by Crippen LogP contribution is 2.36. The van der Waals surface area contributed by atoms with Gasteiger partial charge in [-0.2, -0.15) is 0 Å². The molecule has 1 amide bonds. The van der Waals surface area contributed by atoms with E-state index in [9.17, 15) is 23.3 Å². The molecule has 1 unspecified atom stereocenters. The van der Waals surface area contributed by atoms with Crippen molar-refractivity contribution in [3.8, 4) is 0 Å². The van der Waals surface area contributed by atoms with Gasteiger partial charge in [0.05, 0.1) is 10.6 Å². The Morgan fingerprint density at radius 2 is 2.10 bits per heavy atom. The SMILES string of the molecule is Cc1cc([N+](=O)[O-])cc(Br)c1N1CC(S(N)(=O)=O)CC1=O. The molecule has 0 aliphatic carbocycles. The van der Waals surface area contributed by atoms with E-state index in [0.29, 0.717) is 15.7 Å². The number of sulfonamides is 1. The first kappa shape index (κ1) is 15.9. The molecule has 21 heavy (non-hydrogen) atoms. The lowest BCUT2D eigenvalue weighted by Gasteiger charge is -2.20. The van der Waals surface area contributed by atoms with Crippen LogP contribution in [0.3, 0.4) is 0 Å². The van der Waals surface area contributed by atoms with E-state index in [1.165, 1.54) is 17.0 Å². The molecule has 1 aromatic rings. The zero-order valence-electron chi connectivity index (χ0n) is 10.9. The Hall–Kier alpha value is -1.52. The molecule has 0 aromatic heterocycles. The van der Waals surface area contributed by atoms with Crippen LogP contribution < -0.4 is 10.0 Å². The Bertz CT molecular complexity index is 710. The molecule has 2 N–H and O–H groups in total. The predicted octanol–water partition coefficient (Wildman–Crippen LogP) is 1.06. The summed E-state index contributed by atoms with van der Waals surface area (Å²) in [4.78, 5) is 23.5. The molecule has 0 saturated carbocycles. The van der Waals surface area contributed by atoms with Gasteiger partial charge in [-0.15, -0.1) is 0 Å². The molecule has 1 saturated heterocycles. The van der Waals surface area contributed by atoms with Crippen molar-refractivity contribution >= 4 is 43.2 Å². The number of anilines is 1. The first-order chi connectivity index (χ1) is 9.61. The average molecular weight is 378 g/mol. The van der Waals surface area contributed by atoms with Crippen molar-refractivity contribution in [2.75, 3.05) is 11.4 Å². The molecule has 1 aliphatic heterocycles. The number of hydrogen-bond donors (Lipinski definition) is 1. The van der Waals surface area contributed by atoms with Crippen molar-refractivity contribution in [2.24, 2.45) is 5.14 Å². The number of aryl methyl sites for hydroxylation is 1. The fraction of sp³-hybridized carbons (Fsp3) is 0.364. The number of halogens is 1. The van der Waals surface area contributed by atoms with Crippen LogP contribution in [0.5, 0.6) is 0 Å². The number of carbonyl (C=O) groups excluding carboxylic acids is 1. The van der Waals surface area contributed by atoms with E-state index in [4.69, 9.17) is 5.14 Å². The molecule has 0 radical (unpaired) electrons. The fourth-order valence-corrected chi connectivity index (χ4v) is 3.77. The number of nitrogens with two attached hydrogens (primary N) is 1. The molecular formula is C11H12BrN3O5S. The molecule has 0 bridgehead atoms. The Morgan fingerprint density at radius 3 is 2.52 bits per heavy atom. The maximum Gasteiger partial charge on any atom is 0.270 e. The van der Waals surface area contributed by atoms with Gasteiger partial charge in [-0.05, 0) is 28.4 Å². The molecule has 1 heterocycles.